The zero-order valence-electron chi connectivity index (χ0n) is 8.55. The van der Waals surface area contributed by atoms with Gasteiger partial charge in [-0.3, -0.25) is 4.79 Å². The number of nitrogens with one attached hydrogen (secondary N) is 1. The number of carbonyl (C=O) groups is 1. The summed E-state index contributed by atoms with van der Waals surface area (Å²) in [6, 6.07) is 1.71. The number of aryl methyl sites for hydroxylation is 1. The Kier molecular flexibility index (Phi) is 4.54. The molecule has 0 radical (unpaired) electrons. The summed E-state index contributed by atoms with van der Waals surface area (Å²) in [5, 5.41) is 3.21. The molecule has 3 nitrogen and oxygen atoms in total. The fourth-order valence-corrected chi connectivity index (χ4v) is 1.38. The predicted octanol–water partition coefficient (Wildman–Crippen LogP) is 3.16. The van der Waals surface area contributed by atoms with E-state index in [9.17, 15) is 4.79 Å². The molecule has 1 unspecified atom stereocenters. The van der Waals surface area contributed by atoms with Gasteiger partial charge in [0.25, 0.3) is 0 Å². The summed E-state index contributed by atoms with van der Waals surface area (Å²) >= 11 is 8.99. The molecule has 0 saturated carbocycles. The highest BCUT2D eigenvalue weighted by molar-refractivity contribution is 9.10. The molecule has 0 bridgehead atoms. The summed E-state index contributed by atoms with van der Waals surface area (Å²) in [7, 11) is 0. The quantitative estimate of drug-likeness (QED) is 0.686. The average Bonchev–Trinajstić information content (AvgIpc) is 2.20. The Morgan fingerprint density at radius 3 is 2.93 bits per heavy atom. The normalized spacial score (nSPS) is 12.3. The molecule has 0 aliphatic carbocycles. The lowest BCUT2D eigenvalue weighted by Gasteiger charge is -2.10. The first-order valence-electron chi connectivity index (χ1n) is 4.61. The molecule has 0 aromatic carbocycles. The number of carbonyl (C=O) groups excluding carboxylic acids is 1. The van der Waals surface area contributed by atoms with Crippen LogP contribution in [0, 0.1) is 6.92 Å². The summed E-state index contributed by atoms with van der Waals surface area (Å²) in [6.45, 7) is 3.81. The van der Waals surface area contributed by atoms with E-state index in [2.05, 4.69) is 26.2 Å². The number of hydrogen-bond donors (Lipinski definition) is 1. The third-order valence-corrected chi connectivity index (χ3v) is 3.25. The molecule has 1 heterocycles. The van der Waals surface area contributed by atoms with Crippen LogP contribution in [0.4, 0.5) is 5.69 Å². The Morgan fingerprint density at radius 1 is 1.73 bits per heavy atom. The van der Waals surface area contributed by atoms with Crippen molar-refractivity contribution >= 4 is 39.1 Å². The number of amides is 1. The monoisotopic (exact) mass is 290 g/mol. The van der Waals surface area contributed by atoms with Crippen LogP contribution in [0.1, 0.15) is 18.9 Å². The van der Waals surface area contributed by atoms with Crippen LogP contribution < -0.4 is 5.32 Å². The fourth-order valence-electron chi connectivity index (χ4n) is 1.05. The maximum Gasteiger partial charge on any atom is 0.238 e. The highest BCUT2D eigenvalue weighted by Gasteiger charge is 2.13. The van der Waals surface area contributed by atoms with Gasteiger partial charge in [-0.1, -0.05) is 34.5 Å². The van der Waals surface area contributed by atoms with Crippen molar-refractivity contribution in [1.82, 2.24) is 4.98 Å². The maximum absolute atomic E-state index is 11.6. The van der Waals surface area contributed by atoms with Crippen LogP contribution in [0.5, 0.6) is 0 Å². The lowest BCUT2D eigenvalue weighted by molar-refractivity contribution is -0.115. The number of nitrogens with zero attached hydrogens (tertiary/aromatic N) is 1. The van der Waals surface area contributed by atoms with E-state index in [1.165, 1.54) is 0 Å². The second-order valence-corrected chi connectivity index (χ2v) is 4.68. The van der Waals surface area contributed by atoms with E-state index in [-0.39, 0.29) is 10.7 Å². The van der Waals surface area contributed by atoms with Gasteiger partial charge in [0.05, 0.1) is 16.7 Å². The molecular formula is C10H12BrClN2O. The first-order valence-corrected chi connectivity index (χ1v) is 5.91. The number of halogens is 2. The van der Waals surface area contributed by atoms with Gasteiger partial charge in [-0.05, 0) is 25.0 Å². The number of alkyl halides is 1. The van der Waals surface area contributed by atoms with Crippen molar-refractivity contribution in [2.45, 2.75) is 25.1 Å². The molecule has 0 spiro atoms. The van der Waals surface area contributed by atoms with Crippen molar-refractivity contribution in [3.05, 3.63) is 23.0 Å². The zero-order valence-corrected chi connectivity index (χ0v) is 10.9. The maximum atomic E-state index is 11.6. The van der Waals surface area contributed by atoms with Gasteiger partial charge >= 0.3 is 0 Å². The van der Waals surface area contributed by atoms with Crippen molar-refractivity contribution in [3.63, 3.8) is 0 Å². The van der Waals surface area contributed by atoms with E-state index in [0.717, 1.165) is 12.0 Å². The topological polar surface area (TPSA) is 42.0 Å². The van der Waals surface area contributed by atoms with E-state index in [0.29, 0.717) is 10.8 Å². The second-order valence-electron chi connectivity index (χ2n) is 3.19. The molecule has 1 atom stereocenters. The predicted molar refractivity (Wildman–Crippen MR) is 65.6 cm³/mol. The molecule has 1 N–H and O–H groups in total. The molecule has 5 heteroatoms. The average molecular weight is 292 g/mol. The van der Waals surface area contributed by atoms with Crippen molar-refractivity contribution < 1.29 is 4.79 Å². The molecule has 82 valence electrons. The summed E-state index contributed by atoms with van der Waals surface area (Å²) in [4.78, 5) is 15.3. The number of hydrogen-bond acceptors (Lipinski definition) is 2. The smallest absolute Gasteiger partial charge is 0.238 e. The van der Waals surface area contributed by atoms with Crippen LogP contribution in [-0.2, 0) is 4.79 Å². The van der Waals surface area contributed by atoms with Crippen LogP contribution >= 0.6 is 27.5 Å². The molecule has 1 aromatic heterocycles. The van der Waals surface area contributed by atoms with Crippen LogP contribution in [0.15, 0.2) is 12.3 Å². The van der Waals surface area contributed by atoms with Gasteiger partial charge in [-0.15, -0.1) is 0 Å². The van der Waals surface area contributed by atoms with Gasteiger partial charge in [0, 0.05) is 0 Å². The summed E-state index contributed by atoms with van der Waals surface area (Å²) in [5.74, 6) is -0.0651. The van der Waals surface area contributed by atoms with Gasteiger partial charge in [0.2, 0.25) is 5.91 Å². The lowest BCUT2D eigenvalue weighted by Crippen LogP contribution is -2.22. The van der Waals surface area contributed by atoms with Crippen molar-refractivity contribution in [2.75, 3.05) is 5.32 Å². The minimum atomic E-state index is -0.174. The summed E-state index contributed by atoms with van der Waals surface area (Å²) < 4.78 is 0. The second kappa shape index (κ2) is 5.47. The highest BCUT2D eigenvalue weighted by Crippen LogP contribution is 2.18. The molecule has 0 aliphatic heterocycles. The Bertz CT molecular complexity index is 370. The zero-order chi connectivity index (χ0) is 11.4. The van der Waals surface area contributed by atoms with E-state index in [1.807, 2.05) is 13.8 Å². The Labute approximate surface area is 102 Å². The van der Waals surface area contributed by atoms with Crippen molar-refractivity contribution in [2.24, 2.45) is 0 Å². The molecule has 0 saturated heterocycles. The Balaban J connectivity index is 2.77. The van der Waals surface area contributed by atoms with Gasteiger partial charge in [0.1, 0.15) is 5.15 Å². The molecular weight excluding hydrogens is 279 g/mol. The standard InChI is InChI=1S/C10H12BrClN2O/c1-3-7(11)10(15)14-8-5-13-9(12)4-6(8)2/h4-5,7H,3H2,1-2H3,(H,14,15). The van der Waals surface area contributed by atoms with E-state index in [1.54, 1.807) is 12.3 Å². The molecule has 0 aliphatic rings. The summed E-state index contributed by atoms with van der Waals surface area (Å²) in [6.07, 6.45) is 2.30. The van der Waals surface area contributed by atoms with Crippen LogP contribution in [0.3, 0.4) is 0 Å². The van der Waals surface area contributed by atoms with Gasteiger partial charge in [-0.2, -0.15) is 0 Å². The number of aromatic nitrogens is 1. The third-order valence-electron chi connectivity index (χ3n) is 1.98. The number of pyridine rings is 1. The summed E-state index contributed by atoms with van der Waals surface area (Å²) in [5.41, 5.74) is 1.60. The Morgan fingerprint density at radius 2 is 2.40 bits per heavy atom. The fraction of sp³-hybridized carbons (Fsp3) is 0.400. The van der Waals surface area contributed by atoms with E-state index < -0.39 is 0 Å². The first-order chi connectivity index (χ1) is 7.04. The van der Waals surface area contributed by atoms with Crippen molar-refractivity contribution in [3.8, 4) is 0 Å². The Hall–Kier alpha value is -0.610. The van der Waals surface area contributed by atoms with Crippen LogP contribution in [0.2, 0.25) is 5.15 Å². The van der Waals surface area contributed by atoms with Crippen LogP contribution in [0.25, 0.3) is 0 Å². The molecule has 1 rings (SSSR count). The highest BCUT2D eigenvalue weighted by atomic mass is 79.9. The van der Waals surface area contributed by atoms with Gasteiger partial charge in [0.15, 0.2) is 0 Å². The first kappa shape index (κ1) is 12.5. The number of rotatable bonds is 3. The van der Waals surface area contributed by atoms with E-state index >= 15 is 0 Å². The molecule has 1 amide bonds. The number of anilines is 1. The van der Waals surface area contributed by atoms with Crippen molar-refractivity contribution in [1.29, 1.82) is 0 Å². The van der Waals surface area contributed by atoms with Gasteiger partial charge in [-0.25, -0.2) is 4.98 Å². The van der Waals surface area contributed by atoms with Crippen LogP contribution in [-0.4, -0.2) is 15.7 Å². The van der Waals surface area contributed by atoms with Gasteiger partial charge < -0.3 is 5.32 Å². The SMILES string of the molecule is CCC(Br)C(=O)Nc1cnc(Cl)cc1C. The third kappa shape index (κ3) is 3.47. The largest absolute Gasteiger partial charge is 0.324 e. The van der Waals surface area contributed by atoms with E-state index in [4.69, 9.17) is 11.6 Å². The molecule has 0 fully saturated rings. The molecule has 15 heavy (non-hydrogen) atoms. The minimum absolute atomic E-state index is 0.0651. The molecule has 1 aromatic rings. The lowest BCUT2D eigenvalue weighted by atomic mass is 10.2. The minimum Gasteiger partial charge on any atom is -0.324 e.